The fraction of sp³-hybridized carbons (Fsp3) is 0.700. The number of nitrogens with zero attached hydrogens (tertiary/aromatic N) is 1. The number of hydrogen-bond acceptors (Lipinski definition) is 4. The molecule has 0 spiro atoms. The normalized spacial score (nSPS) is 26.9. The molecule has 78 valence electrons. The van der Waals surface area contributed by atoms with Crippen molar-refractivity contribution in [1.29, 1.82) is 0 Å². The van der Waals surface area contributed by atoms with Gasteiger partial charge in [-0.2, -0.15) is 0 Å². The average Bonchev–Trinajstić information content (AvgIpc) is 2.78. The third kappa shape index (κ3) is 2.53. The largest absolute Gasteiger partial charge is 0.316 e. The summed E-state index contributed by atoms with van der Waals surface area (Å²) in [4.78, 5) is 5.38. The molecule has 1 saturated heterocycles. The Labute approximate surface area is 88.9 Å². The van der Waals surface area contributed by atoms with Crippen LogP contribution in [0.1, 0.15) is 11.8 Å². The van der Waals surface area contributed by atoms with E-state index in [4.69, 9.17) is 0 Å². The number of hydrogen-bond donors (Lipinski definition) is 2. The topological polar surface area (TPSA) is 37.0 Å². The Morgan fingerprint density at radius 2 is 2.57 bits per heavy atom. The Hall–Kier alpha value is -0.450. The van der Waals surface area contributed by atoms with Gasteiger partial charge in [-0.05, 0) is 31.5 Å². The van der Waals surface area contributed by atoms with Crippen LogP contribution in [0.2, 0.25) is 0 Å². The minimum atomic E-state index is 0.794. The molecule has 1 aliphatic heterocycles. The van der Waals surface area contributed by atoms with Crippen LogP contribution in [0.4, 0.5) is 0 Å². The molecule has 2 unspecified atom stereocenters. The molecular weight excluding hydrogens is 194 g/mol. The smallest absolute Gasteiger partial charge is 0.0794 e. The fourth-order valence-corrected chi connectivity index (χ4v) is 2.41. The first kappa shape index (κ1) is 10.1. The van der Waals surface area contributed by atoms with Crippen molar-refractivity contribution in [3.63, 3.8) is 0 Å². The molecule has 0 saturated carbocycles. The third-order valence-electron chi connectivity index (χ3n) is 2.87. The molecule has 2 N–H and O–H groups in total. The van der Waals surface area contributed by atoms with Crippen LogP contribution < -0.4 is 10.6 Å². The zero-order valence-electron chi connectivity index (χ0n) is 8.49. The molecule has 1 aromatic heterocycles. The van der Waals surface area contributed by atoms with E-state index in [-0.39, 0.29) is 0 Å². The van der Waals surface area contributed by atoms with Gasteiger partial charge in [-0.3, -0.25) is 4.98 Å². The number of aromatic nitrogens is 1. The fourth-order valence-electron chi connectivity index (χ4n) is 1.85. The van der Waals surface area contributed by atoms with Crippen molar-refractivity contribution in [2.75, 3.05) is 19.6 Å². The van der Waals surface area contributed by atoms with Crippen molar-refractivity contribution in [1.82, 2.24) is 15.6 Å². The van der Waals surface area contributed by atoms with E-state index in [0.717, 1.165) is 31.5 Å². The molecule has 0 amide bonds. The second kappa shape index (κ2) is 4.87. The summed E-state index contributed by atoms with van der Waals surface area (Å²) in [5.41, 5.74) is 1.89. The molecule has 1 aliphatic rings. The lowest BCUT2D eigenvalue weighted by Crippen LogP contribution is -2.26. The van der Waals surface area contributed by atoms with Crippen LogP contribution in [-0.2, 0) is 6.54 Å². The van der Waals surface area contributed by atoms with Crippen LogP contribution in [0, 0.1) is 11.8 Å². The van der Waals surface area contributed by atoms with E-state index in [0.29, 0.717) is 0 Å². The predicted molar refractivity (Wildman–Crippen MR) is 59.3 cm³/mol. The molecule has 2 rings (SSSR count). The summed E-state index contributed by atoms with van der Waals surface area (Å²) in [5, 5.41) is 6.91. The highest BCUT2D eigenvalue weighted by molar-refractivity contribution is 7.09. The lowest BCUT2D eigenvalue weighted by molar-refractivity contribution is 0.421. The van der Waals surface area contributed by atoms with Gasteiger partial charge in [0.2, 0.25) is 0 Å². The quantitative estimate of drug-likeness (QED) is 0.783. The summed E-state index contributed by atoms with van der Waals surface area (Å²) >= 11 is 1.72. The molecule has 0 aliphatic carbocycles. The molecule has 1 aromatic rings. The monoisotopic (exact) mass is 211 g/mol. The predicted octanol–water partition coefficient (Wildman–Crippen LogP) is 1.09. The van der Waals surface area contributed by atoms with Gasteiger partial charge in [0.1, 0.15) is 0 Å². The minimum Gasteiger partial charge on any atom is -0.316 e. The zero-order chi connectivity index (χ0) is 9.80. The van der Waals surface area contributed by atoms with Gasteiger partial charge >= 0.3 is 0 Å². The van der Waals surface area contributed by atoms with Gasteiger partial charge in [0.15, 0.2) is 0 Å². The highest BCUT2D eigenvalue weighted by atomic mass is 32.1. The lowest BCUT2D eigenvalue weighted by Gasteiger charge is -2.14. The first-order valence-corrected chi connectivity index (χ1v) is 6.03. The Morgan fingerprint density at radius 1 is 1.64 bits per heavy atom. The van der Waals surface area contributed by atoms with Crippen molar-refractivity contribution in [2.24, 2.45) is 11.8 Å². The Bertz CT molecular complexity index is 260. The maximum atomic E-state index is 4.05. The summed E-state index contributed by atoms with van der Waals surface area (Å²) in [5.74, 6) is 1.60. The number of rotatable bonds is 4. The van der Waals surface area contributed by atoms with Crippen LogP contribution in [-0.4, -0.2) is 24.6 Å². The van der Waals surface area contributed by atoms with Crippen LogP contribution in [0.3, 0.4) is 0 Å². The van der Waals surface area contributed by atoms with Gasteiger partial charge < -0.3 is 10.6 Å². The van der Waals surface area contributed by atoms with E-state index in [2.05, 4.69) is 22.5 Å². The molecule has 2 atom stereocenters. The maximum absolute atomic E-state index is 4.05. The Morgan fingerprint density at radius 3 is 3.21 bits per heavy atom. The summed E-state index contributed by atoms with van der Waals surface area (Å²) < 4.78 is 0. The maximum Gasteiger partial charge on any atom is 0.0794 e. The summed E-state index contributed by atoms with van der Waals surface area (Å²) in [6, 6.07) is 0. The SMILES string of the molecule is CC1CNCC1CNCc1cncs1. The van der Waals surface area contributed by atoms with E-state index in [9.17, 15) is 0 Å². The van der Waals surface area contributed by atoms with Crippen LogP contribution >= 0.6 is 11.3 Å². The summed E-state index contributed by atoms with van der Waals surface area (Å²) in [6.45, 7) is 6.74. The van der Waals surface area contributed by atoms with Crippen molar-refractivity contribution < 1.29 is 0 Å². The van der Waals surface area contributed by atoms with Crippen molar-refractivity contribution >= 4 is 11.3 Å². The number of thiazole rings is 1. The van der Waals surface area contributed by atoms with Crippen LogP contribution in [0.25, 0.3) is 0 Å². The molecule has 3 nitrogen and oxygen atoms in total. The second-order valence-electron chi connectivity index (χ2n) is 3.99. The molecule has 1 fully saturated rings. The van der Waals surface area contributed by atoms with Crippen molar-refractivity contribution in [3.8, 4) is 0 Å². The first-order valence-electron chi connectivity index (χ1n) is 5.15. The average molecular weight is 211 g/mol. The van der Waals surface area contributed by atoms with E-state index in [1.165, 1.54) is 11.4 Å². The first-order chi connectivity index (χ1) is 6.86. The molecule has 0 aromatic carbocycles. The third-order valence-corrected chi connectivity index (χ3v) is 3.65. The Balaban J connectivity index is 1.68. The summed E-state index contributed by atoms with van der Waals surface area (Å²) in [7, 11) is 0. The minimum absolute atomic E-state index is 0.794. The zero-order valence-corrected chi connectivity index (χ0v) is 9.31. The molecule has 0 radical (unpaired) electrons. The van der Waals surface area contributed by atoms with Crippen molar-refractivity contribution in [3.05, 3.63) is 16.6 Å². The number of nitrogens with one attached hydrogen (secondary N) is 2. The molecule has 4 heteroatoms. The second-order valence-corrected chi connectivity index (χ2v) is 4.97. The van der Waals surface area contributed by atoms with Gasteiger partial charge in [0, 0.05) is 17.6 Å². The molecule has 14 heavy (non-hydrogen) atoms. The lowest BCUT2D eigenvalue weighted by atomic mass is 9.98. The molecular formula is C10H17N3S. The Kier molecular flexibility index (Phi) is 3.50. The van der Waals surface area contributed by atoms with Gasteiger partial charge in [-0.25, -0.2) is 0 Å². The van der Waals surface area contributed by atoms with Gasteiger partial charge in [0.25, 0.3) is 0 Å². The molecule has 0 bridgehead atoms. The standard InChI is InChI=1S/C10H17N3S/c1-8-2-11-3-9(8)4-12-5-10-6-13-7-14-10/h6-9,11-12H,2-5H2,1H3. The highest BCUT2D eigenvalue weighted by Crippen LogP contribution is 2.14. The van der Waals surface area contributed by atoms with Crippen LogP contribution in [0.15, 0.2) is 11.7 Å². The van der Waals surface area contributed by atoms with Gasteiger partial charge in [-0.1, -0.05) is 6.92 Å². The van der Waals surface area contributed by atoms with Gasteiger partial charge in [-0.15, -0.1) is 11.3 Å². The van der Waals surface area contributed by atoms with Crippen molar-refractivity contribution in [2.45, 2.75) is 13.5 Å². The van der Waals surface area contributed by atoms with E-state index >= 15 is 0 Å². The highest BCUT2D eigenvalue weighted by Gasteiger charge is 2.21. The van der Waals surface area contributed by atoms with Crippen LogP contribution in [0.5, 0.6) is 0 Å². The summed E-state index contributed by atoms with van der Waals surface area (Å²) in [6.07, 6.45) is 1.94. The van der Waals surface area contributed by atoms with E-state index in [1.54, 1.807) is 11.3 Å². The van der Waals surface area contributed by atoms with E-state index in [1.807, 2.05) is 11.7 Å². The van der Waals surface area contributed by atoms with Gasteiger partial charge in [0.05, 0.1) is 5.51 Å². The van der Waals surface area contributed by atoms with E-state index < -0.39 is 0 Å². The molecule has 2 heterocycles.